The van der Waals surface area contributed by atoms with Crippen LogP contribution in [0.25, 0.3) is 0 Å². The molecule has 7 heteroatoms. The first-order valence-corrected chi connectivity index (χ1v) is 7.08. The summed E-state index contributed by atoms with van der Waals surface area (Å²) < 4.78 is 10.7. The number of amides is 1. The number of ether oxygens (including phenoxy) is 2. The third kappa shape index (κ3) is 6.25. The van der Waals surface area contributed by atoms with Crippen molar-refractivity contribution >= 4 is 39.4 Å². The molecule has 1 aromatic rings. The van der Waals surface area contributed by atoms with E-state index < -0.39 is 5.97 Å². The van der Waals surface area contributed by atoms with E-state index in [1.54, 1.807) is 18.2 Å². The number of esters is 1. The van der Waals surface area contributed by atoms with E-state index in [1.807, 2.05) is 13.8 Å². The number of rotatable bonds is 6. The summed E-state index contributed by atoms with van der Waals surface area (Å²) in [6, 6.07) is 4.93. The van der Waals surface area contributed by atoms with E-state index in [9.17, 15) is 9.59 Å². The minimum atomic E-state index is -0.620. The van der Waals surface area contributed by atoms with Gasteiger partial charge in [-0.3, -0.25) is 4.79 Å². The fourth-order valence-corrected chi connectivity index (χ4v) is 2.08. The van der Waals surface area contributed by atoms with Crippen LogP contribution >= 0.6 is 27.5 Å². The van der Waals surface area contributed by atoms with Crippen LogP contribution in [0.3, 0.4) is 0 Å². The number of carbonyl (C=O) groups is 2. The van der Waals surface area contributed by atoms with Gasteiger partial charge in [0.05, 0.1) is 4.47 Å². The Morgan fingerprint density at radius 3 is 2.65 bits per heavy atom. The first-order valence-electron chi connectivity index (χ1n) is 5.91. The molecule has 1 rings (SSSR count). The molecule has 0 spiro atoms. The fraction of sp³-hybridized carbons (Fsp3) is 0.385. The number of hydrogen-bond acceptors (Lipinski definition) is 4. The summed E-state index contributed by atoms with van der Waals surface area (Å²) >= 11 is 9.04. The lowest BCUT2D eigenvalue weighted by Gasteiger charge is -2.10. The van der Waals surface area contributed by atoms with Gasteiger partial charge >= 0.3 is 5.97 Å². The maximum absolute atomic E-state index is 11.4. The van der Waals surface area contributed by atoms with Gasteiger partial charge in [-0.2, -0.15) is 0 Å². The topological polar surface area (TPSA) is 64.6 Å². The quantitative estimate of drug-likeness (QED) is 0.788. The van der Waals surface area contributed by atoms with Gasteiger partial charge < -0.3 is 14.8 Å². The summed E-state index contributed by atoms with van der Waals surface area (Å²) in [4.78, 5) is 22.7. The molecule has 1 amide bonds. The van der Waals surface area contributed by atoms with Crippen molar-refractivity contribution < 1.29 is 19.1 Å². The van der Waals surface area contributed by atoms with Gasteiger partial charge in [0.1, 0.15) is 5.75 Å². The Kier molecular flexibility index (Phi) is 6.81. The summed E-state index contributed by atoms with van der Waals surface area (Å²) in [6.07, 6.45) is 0. The van der Waals surface area contributed by atoms with Crippen LogP contribution in [0.1, 0.15) is 13.8 Å². The van der Waals surface area contributed by atoms with Crippen LogP contribution in [0.5, 0.6) is 5.75 Å². The fourth-order valence-electron chi connectivity index (χ4n) is 1.28. The molecule has 0 saturated carbocycles. The zero-order valence-electron chi connectivity index (χ0n) is 11.1. The van der Waals surface area contributed by atoms with Crippen LogP contribution in [0.15, 0.2) is 22.7 Å². The monoisotopic (exact) mass is 363 g/mol. The highest BCUT2D eigenvalue weighted by molar-refractivity contribution is 9.10. The van der Waals surface area contributed by atoms with E-state index in [-0.39, 0.29) is 25.2 Å². The van der Waals surface area contributed by atoms with Gasteiger partial charge in [-0.05, 0) is 48.0 Å². The van der Waals surface area contributed by atoms with Gasteiger partial charge in [0.25, 0.3) is 5.91 Å². The van der Waals surface area contributed by atoms with Crippen LogP contribution in [-0.2, 0) is 14.3 Å². The molecule has 5 nitrogen and oxygen atoms in total. The maximum Gasteiger partial charge on any atom is 0.344 e. The molecule has 0 radical (unpaired) electrons. The van der Waals surface area contributed by atoms with Gasteiger partial charge in [0.15, 0.2) is 13.2 Å². The molecule has 0 unspecified atom stereocenters. The van der Waals surface area contributed by atoms with Crippen LogP contribution in [0.4, 0.5) is 0 Å². The predicted octanol–water partition coefficient (Wildman–Crippen LogP) is 2.55. The van der Waals surface area contributed by atoms with E-state index in [4.69, 9.17) is 21.1 Å². The molecule has 0 bridgehead atoms. The second kappa shape index (κ2) is 8.11. The van der Waals surface area contributed by atoms with E-state index in [0.29, 0.717) is 15.2 Å². The Bertz CT molecular complexity index is 493. The lowest BCUT2D eigenvalue weighted by molar-refractivity contribution is -0.150. The molecule has 1 aromatic carbocycles. The van der Waals surface area contributed by atoms with Gasteiger partial charge in [0, 0.05) is 11.1 Å². The Hall–Kier alpha value is -1.27. The first-order chi connectivity index (χ1) is 9.38. The third-order valence-electron chi connectivity index (χ3n) is 2.05. The molecule has 0 atom stereocenters. The average Bonchev–Trinajstić information content (AvgIpc) is 2.34. The van der Waals surface area contributed by atoms with E-state index >= 15 is 0 Å². The summed E-state index contributed by atoms with van der Waals surface area (Å²) in [5.41, 5.74) is 0. The number of hydrogen-bond donors (Lipinski definition) is 1. The van der Waals surface area contributed by atoms with Crippen LogP contribution < -0.4 is 10.1 Å². The Labute approximate surface area is 130 Å². The first kappa shape index (κ1) is 16.8. The van der Waals surface area contributed by atoms with Crippen LogP contribution in [0.2, 0.25) is 5.02 Å². The normalized spacial score (nSPS) is 10.2. The molecule has 0 aliphatic heterocycles. The highest BCUT2D eigenvalue weighted by Gasteiger charge is 2.10. The number of nitrogens with one attached hydrogen (secondary N) is 1. The van der Waals surface area contributed by atoms with Crippen LogP contribution in [-0.4, -0.2) is 31.1 Å². The molecule has 0 aliphatic rings. The molecular formula is C13H15BrClNO4. The minimum Gasteiger partial charge on any atom is -0.481 e. The summed E-state index contributed by atoms with van der Waals surface area (Å²) in [5, 5.41) is 3.16. The lowest BCUT2D eigenvalue weighted by Crippen LogP contribution is -2.34. The van der Waals surface area contributed by atoms with Gasteiger partial charge in [-0.25, -0.2) is 4.79 Å². The zero-order chi connectivity index (χ0) is 15.1. The van der Waals surface area contributed by atoms with Gasteiger partial charge in [-0.15, -0.1) is 0 Å². The zero-order valence-corrected chi connectivity index (χ0v) is 13.5. The van der Waals surface area contributed by atoms with Crippen LogP contribution in [0, 0.1) is 0 Å². The molecule has 0 fully saturated rings. The SMILES string of the molecule is CC(C)NC(=O)COC(=O)COc1ccc(Cl)cc1Br. The van der Waals surface area contributed by atoms with E-state index in [2.05, 4.69) is 21.2 Å². The van der Waals surface area contributed by atoms with Crippen molar-refractivity contribution in [2.45, 2.75) is 19.9 Å². The Morgan fingerprint density at radius 1 is 1.35 bits per heavy atom. The smallest absolute Gasteiger partial charge is 0.344 e. The standard InChI is InChI=1S/C13H15BrClNO4/c1-8(2)16-12(17)6-20-13(18)7-19-11-4-3-9(15)5-10(11)14/h3-5,8H,6-7H2,1-2H3,(H,16,17). The van der Waals surface area contributed by atoms with Gasteiger partial charge in [-0.1, -0.05) is 11.6 Å². The Morgan fingerprint density at radius 2 is 2.05 bits per heavy atom. The van der Waals surface area contributed by atoms with E-state index in [0.717, 1.165) is 0 Å². The molecule has 0 aliphatic carbocycles. The maximum atomic E-state index is 11.4. The minimum absolute atomic E-state index is 0.00229. The third-order valence-corrected chi connectivity index (χ3v) is 2.91. The second-order valence-corrected chi connectivity index (χ2v) is 5.54. The van der Waals surface area contributed by atoms with E-state index in [1.165, 1.54) is 0 Å². The Balaban J connectivity index is 2.34. The molecule has 0 saturated heterocycles. The summed E-state index contributed by atoms with van der Waals surface area (Å²) in [7, 11) is 0. The molecule has 0 heterocycles. The average molecular weight is 365 g/mol. The summed E-state index contributed by atoms with van der Waals surface area (Å²) in [5.74, 6) is -0.496. The second-order valence-electron chi connectivity index (χ2n) is 4.25. The molecule has 20 heavy (non-hydrogen) atoms. The van der Waals surface area contributed by atoms with Crippen molar-refractivity contribution in [2.24, 2.45) is 0 Å². The number of halogens is 2. The molecular weight excluding hydrogens is 350 g/mol. The van der Waals surface area contributed by atoms with Crippen molar-refractivity contribution in [3.05, 3.63) is 27.7 Å². The highest BCUT2D eigenvalue weighted by atomic mass is 79.9. The van der Waals surface area contributed by atoms with Crippen molar-refractivity contribution in [1.82, 2.24) is 5.32 Å². The van der Waals surface area contributed by atoms with Crippen molar-refractivity contribution in [3.8, 4) is 5.75 Å². The number of carbonyl (C=O) groups excluding carboxylic acids is 2. The lowest BCUT2D eigenvalue weighted by atomic mass is 10.3. The largest absolute Gasteiger partial charge is 0.481 e. The molecule has 1 N–H and O–H groups in total. The van der Waals surface area contributed by atoms with Crippen molar-refractivity contribution in [2.75, 3.05) is 13.2 Å². The molecule has 0 aromatic heterocycles. The molecule has 110 valence electrons. The highest BCUT2D eigenvalue weighted by Crippen LogP contribution is 2.27. The predicted molar refractivity (Wildman–Crippen MR) is 78.9 cm³/mol. The number of benzene rings is 1. The van der Waals surface area contributed by atoms with Crippen molar-refractivity contribution in [3.63, 3.8) is 0 Å². The van der Waals surface area contributed by atoms with Gasteiger partial charge in [0.2, 0.25) is 0 Å². The summed E-state index contributed by atoms with van der Waals surface area (Å²) in [6.45, 7) is 3.04. The van der Waals surface area contributed by atoms with Crippen molar-refractivity contribution in [1.29, 1.82) is 0 Å².